The molecule has 0 bridgehead atoms. The van der Waals surface area contributed by atoms with E-state index in [-0.39, 0.29) is 24.3 Å². The molecule has 1 aromatic rings. The zero-order valence-electron chi connectivity index (χ0n) is 15.6. The average Bonchev–Trinajstić information content (AvgIpc) is 2.61. The van der Waals surface area contributed by atoms with Gasteiger partial charge in [0.05, 0.1) is 17.5 Å². The Morgan fingerprint density at radius 2 is 2.04 bits per heavy atom. The summed E-state index contributed by atoms with van der Waals surface area (Å²) in [6, 6.07) is 4.59. The molecule has 150 valence electrons. The molecule has 0 aromatic heterocycles. The Kier molecular flexibility index (Phi) is 7.64. The van der Waals surface area contributed by atoms with Gasteiger partial charge in [-0.15, -0.1) is 0 Å². The monoisotopic (exact) mass is 415 g/mol. The molecule has 2 N–H and O–H groups in total. The first kappa shape index (κ1) is 21.7. The van der Waals surface area contributed by atoms with E-state index < -0.39 is 10.0 Å². The molecular weight excluding hydrogens is 390 g/mol. The van der Waals surface area contributed by atoms with Gasteiger partial charge in [0, 0.05) is 30.6 Å². The van der Waals surface area contributed by atoms with Crippen LogP contribution in [-0.4, -0.2) is 49.9 Å². The van der Waals surface area contributed by atoms with Crippen LogP contribution in [0.4, 0.5) is 5.69 Å². The number of nitrogens with zero attached hydrogens (tertiary/aromatic N) is 1. The van der Waals surface area contributed by atoms with Crippen LogP contribution in [0.2, 0.25) is 5.02 Å². The summed E-state index contributed by atoms with van der Waals surface area (Å²) in [4.78, 5) is 24.2. The lowest BCUT2D eigenvalue weighted by Gasteiger charge is -2.33. The standard InChI is InChI=1S/C18H26ClN3O4S/c1-3-17(23)21-16-12-13(19)7-8-15(16)18(24)20-10-9-14-6-4-5-11-22(14)27(2,25)26/h7-8,12,14H,3-6,9-11H2,1-2H3,(H,20,24)(H,21,23). The lowest BCUT2D eigenvalue weighted by atomic mass is 10.0. The molecule has 0 aliphatic carbocycles. The van der Waals surface area contributed by atoms with Gasteiger partial charge < -0.3 is 10.6 Å². The number of amides is 2. The maximum atomic E-state index is 12.5. The summed E-state index contributed by atoms with van der Waals surface area (Å²) in [5, 5.41) is 5.91. The first-order chi connectivity index (χ1) is 12.7. The number of halogens is 1. The molecule has 1 aliphatic heterocycles. The molecule has 0 saturated carbocycles. The Balaban J connectivity index is 2.00. The van der Waals surface area contributed by atoms with Crippen molar-refractivity contribution in [1.82, 2.24) is 9.62 Å². The Bertz CT molecular complexity index is 798. The summed E-state index contributed by atoms with van der Waals surface area (Å²) in [7, 11) is -3.25. The molecule has 27 heavy (non-hydrogen) atoms. The van der Waals surface area contributed by atoms with E-state index in [1.165, 1.54) is 16.6 Å². The van der Waals surface area contributed by atoms with Crippen LogP contribution in [0, 0.1) is 0 Å². The number of rotatable bonds is 7. The fraction of sp³-hybridized carbons (Fsp3) is 0.556. The van der Waals surface area contributed by atoms with Gasteiger partial charge in [-0.1, -0.05) is 24.9 Å². The van der Waals surface area contributed by atoms with Gasteiger partial charge in [0.2, 0.25) is 15.9 Å². The topological polar surface area (TPSA) is 95.6 Å². The number of sulfonamides is 1. The maximum absolute atomic E-state index is 12.5. The first-order valence-corrected chi connectivity index (χ1v) is 11.3. The van der Waals surface area contributed by atoms with Gasteiger partial charge in [-0.05, 0) is 37.5 Å². The van der Waals surface area contributed by atoms with Crippen molar-refractivity contribution in [2.75, 3.05) is 24.7 Å². The molecule has 1 aromatic carbocycles. The second-order valence-electron chi connectivity index (χ2n) is 6.66. The second-order valence-corrected chi connectivity index (χ2v) is 9.03. The van der Waals surface area contributed by atoms with Crippen LogP contribution in [0.5, 0.6) is 0 Å². The van der Waals surface area contributed by atoms with E-state index in [0.717, 1.165) is 19.3 Å². The van der Waals surface area contributed by atoms with Crippen LogP contribution in [0.15, 0.2) is 18.2 Å². The smallest absolute Gasteiger partial charge is 0.253 e. The first-order valence-electron chi connectivity index (χ1n) is 9.06. The van der Waals surface area contributed by atoms with E-state index in [1.54, 1.807) is 19.1 Å². The number of carbonyl (C=O) groups excluding carboxylic acids is 2. The quantitative estimate of drug-likeness (QED) is 0.715. The van der Waals surface area contributed by atoms with Crippen molar-refractivity contribution in [1.29, 1.82) is 0 Å². The average molecular weight is 416 g/mol. The van der Waals surface area contributed by atoms with Crippen LogP contribution in [0.3, 0.4) is 0 Å². The molecule has 7 nitrogen and oxygen atoms in total. The fourth-order valence-electron chi connectivity index (χ4n) is 3.20. The van der Waals surface area contributed by atoms with Gasteiger partial charge in [-0.2, -0.15) is 4.31 Å². The highest BCUT2D eigenvalue weighted by molar-refractivity contribution is 7.88. The number of hydrogen-bond acceptors (Lipinski definition) is 4. The van der Waals surface area contributed by atoms with Crippen molar-refractivity contribution in [2.45, 2.75) is 45.1 Å². The van der Waals surface area contributed by atoms with Crippen molar-refractivity contribution in [3.63, 3.8) is 0 Å². The third-order valence-corrected chi connectivity index (χ3v) is 6.15. The summed E-state index contributed by atoms with van der Waals surface area (Å²) in [6.07, 6.45) is 4.69. The van der Waals surface area contributed by atoms with E-state index in [9.17, 15) is 18.0 Å². The number of benzene rings is 1. The highest BCUT2D eigenvalue weighted by Crippen LogP contribution is 2.23. The summed E-state index contributed by atoms with van der Waals surface area (Å²) < 4.78 is 25.3. The van der Waals surface area contributed by atoms with Gasteiger partial charge in [-0.3, -0.25) is 9.59 Å². The number of piperidine rings is 1. The van der Waals surface area contributed by atoms with Gasteiger partial charge in [0.1, 0.15) is 0 Å². The Morgan fingerprint density at radius 3 is 2.70 bits per heavy atom. The van der Waals surface area contributed by atoms with Gasteiger partial charge in [0.25, 0.3) is 5.91 Å². The van der Waals surface area contributed by atoms with Crippen molar-refractivity contribution >= 4 is 39.1 Å². The second kappa shape index (κ2) is 9.52. The molecule has 1 atom stereocenters. The SMILES string of the molecule is CCC(=O)Nc1cc(Cl)ccc1C(=O)NCCC1CCCCN1S(C)(=O)=O. The predicted octanol–water partition coefficient (Wildman–Crippen LogP) is 2.62. The van der Waals surface area contributed by atoms with Crippen molar-refractivity contribution < 1.29 is 18.0 Å². The maximum Gasteiger partial charge on any atom is 0.253 e. The Morgan fingerprint density at radius 1 is 1.30 bits per heavy atom. The summed E-state index contributed by atoms with van der Waals surface area (Å²) >= 11 is 5.97. The fourth-order valence-corrected chi connectivity index (χ4v) is 4.59. The molecule has 1 fully saturated rings. The summed E-state index contributed by atoms with van der Waals surface area (Å²) in [5.74, 6) is -0.544. The summed E-state index contributed by atoms with van der Waals surface area (Å²) in [5.41, 5.74) is 0.687. The molecule has 2 rings (SSSR count). The zero-order valence-corrected chi connectivity index (χ0v) is 17.2. The molecule has 0 spiro atoms. The highest BCUT2D eigenvalue weighted by atomic mass is 35.5. The molecule has 1 saturated heterocycles. The lowest BCUT2D eigenvalue weighted by Crippen LogP contribution is -2.44. The number of nitrogens with one attached hydrogen (secondary N) is 2. The van der Waals surface area contributed by atoms with Crippen LogP contribution in [-0.2, 0) is 14.8 Å². The van der Waals surface area contributed by atoms with E-state index in [4.69, 9.17) is 11.6 Å². The van der Waals surface area contributed by atoms with Crippen molar-refractivity contribution in [3.05, 3.63) is 28.8 Å². The minimum absolute atomic E-state index is 0.0986. The summed E-state index contributed by atoms with van der Waals surface area (Å²) in [6.45, 7) is 2.60. The molecule has 2 amide bonds. The van der Waals surface area contributed by atoms with Crippen LogP contribution in [0.1, 0.15) is 49.4 Å². The van der Waals surface area contributed by atoms with Crippen LogP contribution >= 0.6 is 11.6 Å². The molecule has 1 heterocycles. The van der Waals surface area contributed by atoms with Crippen molar-refractivity contribution in [3.8, 4) is 0 Å². The molecule has 1 unspecified atom stereocenters. The van der Waals surface area contributed by atoms with Gasteiger partial charge in [0.15, 0.2) is 0 Å². The zero-order chi connectivity index (χ0) is 20.0. The van der Waals surface area contributed by atoms with Gasteiger partial charge >= 0.3 is 0 Å². The molecular formula is C18H26ClN3O4S. The van der Waals surface area contributed by atoms with Crippen molar-refractivity contribution in [2.24, 2.45) is 0 Å². The highest BCUT2D eigenvalue weighted by Gasteiger charge is 2.29. The Labute approximate surface area is 165 Å². The van der Waals surface area contributed by atoms with E-state index >= 15 is 0 Å². The molecule has 0 radical (unpaired) electrons. The molecule has 1 aliphatic rings. The third kappa shape index (κ3) is 6.19. The van der Waals surface area contributed by atoms with E-state index in [0.29, 0.717) is 35.8 Å². The minimum Gasteiger partial charge on any atom is -0.352 e. The normalized spacial score (nSPS) is 18.1. The third-order valence-electron chi connectivity index (χ3n) is 4.58. The number of carbonyl (C=O) groups is 2. The van der Waals surface area contributed by atoms with Crippen LogP contribution < -0.4 is 10.6 Å². The number of anilines is 1. The Hall–Kier alpha value is -1.64. The van der Waals surface area contributed by atoms with Gasteiger partial charge in [-0.25, -0.2) is 8.42 Å². The van der Waals surface area contributed by atoms with E-state index in [1.807, 2.05) is 0 Å². The number of hydrogen-bond donors (Lipinski definition) is 2. The predicted molar refractivity (Wildman–Crippen MR) is 107 cm³/mol. The minimum atomic E-state index is -3.25. The van der Waals surface area contributed by atoms with E-state index in [2.05, 4.69) is 10.6 Å². The lowest BCUT2D eigenvalue weighted by molar-refractivity contribution is -0.115. The largest absolute Gasteiger partial charge is 0.352 e. The molecule has 9 heteroatoms. The van der Waals surface area contributed by atoms with Crippen LogP contribution in [0.25, 0.3) is 0 Å².